The van der Waals surface area contributed by atoms with Crippen LogP contribution in [0.2, 0.25) is 0 Å². The Morgan fingerprint density at radius 1 is 0.895 bits per heavy atom. The molecule has 0 aliphatic rings. The Hall–Kier alpha value is -2.49. The molecule has 0 heterocycles. The van der Waals surface area contributed by atoms with Gasteiger partial charge in [-0.1, -0.05) is 30.3 Å². The highest BCUT2D eigenvalue weighted by Gasteiger charge is 2.06. The van der Waals surface area contributed by atoms with Crippen molar-refractivity contribution < 1.29 is 19.4 Å². The maximum Gasteiger partial charge on any atom is 0.161 e. The number of aromatic carboxylic acids is 1. The Morgan fingerprint density at radius 3 is 2.00 bits per heavy atom. The van der Waals surface area contributed by atoms with Crippen molar-refractivity contribution in [1.29, 1.82) is 0 Å². The molecule has 19 heavy (non-hydrogen) atoms. The molecule has 4 heteroatoms. The molecule has 0 aliphatic carbocycles. The lowest BCUT2D eigenvalue weighted by molar-refractivity contribution is -0.255. The summed E-state index contributed by atoms with van der Waals surface area (Å²) in [6.45, 7) is 0. The van der Waals surface area contributed by atoms with Gasteiger partial charge in [0.05, 0.1) is 20.2 Å². The van der Waals surface area contributed by atoms with Crippen LogP contribution in [0, 0.1) is 0 Å². The summed E-state index contributed by atoms with van der Waals surface area (Å²) < 4.78 is 10.4. The van der Waals surface area contributed by atoms with Gasteiger partial charge in [-0.25, -0.2) is 0 Å². The molecular weight excluding hydrogens is 244 g/mol. The van der Waals surface area contributed by atoms with E-state index in [1.54, 1.807) is 32.4 Å². The van der Waals surface area contributed by atoms with E-state index in [2.05, 4.69) is 0 Å². The number of ether oxygens (including phenoxy) is 2. The molecule has 0 unspecified atom stereocenters. The highest BCUT2D eigenvalue weighted by molar-refractivity contribution is 5.86. The van der Waals surface area contributed by atoms with Crippen LogP contribution in [0.1, 0.15) is 10.4 Å². The SMILES string of the molecule is COc1ccc(-c2ccc(C(=O)[O-])cc2)cc1OC. The third-order valence-corrected chi connectivity index (χ3v) is 2.84. The van der Waals surface area contributed by atoms with E-state index in [1.165, 1.54) is 12.1 Å². The minimum Gasteiger partial charge on any atom is -0.545 e. The zero-order chi connectivity index (χ0) is 13.8. The van der Waals surface area contributed by atoms with E-state index in [0.717, 1.165) is 11.1 Å². The molecule has 2 aromatic rings. The third kappa shape index (κ3) is 2.68. The lowest BCUT2D eigenvalue weighted by Crippen LogP contribution is -2.21. The standard InChI is InChI=1S/C15H14O4/c1-18-13-8-7-12(9-14(13)19-2)10-3-5-11(6-4-10)15(16)17/h3-9H,1-2H3,(H,16,17)/p-1. The fourth-order valence-electron chi connectivity index (χ4n) is 1.81. The number of methoxy groups -OCH3 is 2. The maximum absolute atomic E-state index is 10.7. The molecule has 0 amide bonds. The average Bonchev–Trinajstić information content (AvgIpc) is 2.46. The van der Waals surface area contributed by atoms with Gasteiger partial charge in [-0.3, -0.25) is 0 Å². The van der Waals surface area contributed by atoms with Crippen LogP contribution in [0.15, 0.2) is 42.5 Å². The van der Waals surface area contributed by atoms with Crippen molar-refractivity contribution in [1.82, 2.24) is 0 Å². The summed E-state index contributed by atoms with van der Waals surface area (Å²) in [4.78, 5) is 10.7. The molecule has 0 N–H and O–H groups in total. The first-order valence-electron chi connectivity index (χ1n) is 5.69. The summed E-state index contributed by atoms with van der Waals surface area (Å²) in [6, 6.07) is 12.0. The highest BCUT2D eigenvalue weighted by Crippen LogP contribution is 2.32. The van der Waals surface area contributed by atoms with Crippen molar-refractivity contribution in [2.75, 3.05) is 14.2 Å². The maximum atomic E-state index is 10.7. The van der Waals surface area contributed by atoms with E-state index >= 15 is 0 Å². The number of carbonyl (C=O) groups excluding carboxylic acids is 1. The van der Waals surface area contributed by atoms with E-state index in [4.69, 9.17) is 9.47 Å². The van der Waals surface area contributed by atoms with Gasteiger partial charge in [0.15, 0.2) is 11.5 Å². The van der Waals surface area contributed by atoms with Crippen LogP contribution >= 0.6 is 0 Å². The van der Waals surface area contributed by atoms with Crippen molar-refractivity contribution in [3.63, 3.8) is 0 Å². The van der Waals surface area contributed by atoms with Crippen molar-refractivity contribution in [3.8, 4) is 22.6 Å². The van der Waals surface area contributed by atoms with Crippen LogP contribution in [0.25, 0.3) is 11.1 Å². The second-order valence-electron chi connectivity index (χ2n) is 3.93. The molecule has 0 spiro atoms. The van der Waals surface area contributed by atoms with Gasteiger partial charge in [-0.05, 0) is 28.8 Å². The van der Waals surface area contributed by atoms with Crippen LogP contribution in [0.3, 0.4) is 0 Å². The topological polar surface area (TPSA) is 58.6 Å². The van der Waals surface area contributed by atoms with Gasteiger partial charge < -0.3 is 19.4 Å². The first kappa shape index (κ1) is 13.0. The van der Waals surface area contributed by atoms with Gasteiger partial charge in [0.2, 0.25) is 0 Å². The monoisotopic (exact) mass is 257 g/mol. The molecule has 0 bridgehead atoms. The van der Waals surface area contributed by atoms with Crippen LogP contribution < -0.4 is 14.6 Å². The molecule has 0 saturated carbocycles. The third-order valence-electron chi connectivity index (χ3n) is 2.84. The van der Waals surface area contributed by atoms with E-state index in [9.17, 15) is 9.90 Å². The summed E-state index contributed by atoms with van der Waals surface area (Å²) >= 11 is 0. The number of benzene rings is 2. The van der Waals surface area contributed by atoms with Gasteiger partial charge in [0.1, 0.15) is 0 Å². The number of hydrogen-bond donors (Lipinski definition) is 0. The Labute approximate surface area is 111 Å². The normalized spacial score (nSPS) is 10.0. The summed E-state index contributed by atoms with van der Waals surface area (Å²) in [6.07, 6.45) is 0. The molecular formula is C15H13O4-. The number of carboxylic acid groups (broad SMARTS) is 1. The summed E-state index contributed by atoms with van der Waals surface area (Å²) in [7, 11) is 3.15. The van der Waals surface area contributed by atoms with Gasteiger partial charge in [-0.15, -0.1) is 0 Å². The van der Waals surface area contributed by atoms with Crippen LogP contribution in [-0.2, 0) is 0 Å². The number of carbonyl (C=O) groups is 1. The molecule has 98 valence electrons. The Kier molecular flexibility index (Phi) is 3.71. The number of hydrogen-bond acceptors (Lipinski definition) is 4. The van der Waals surface area contributed by atoms with Crippen LogP contribution in [0.4, 0.5) is 0 Å². The highest BCUT2D eigenvalue weighted by atomic mass is 16.5. The smallest absolute Gasteiger partial charge is 0.161 e. The van der Waals surface area contributed by atoms with E-state index in [-0.39, 0.29) is 5.56 Å². The van der Waals surface area contributed by atoms with Crippen LogP contribution in [0.5, 0.6) is 11.5 Å². The molecule has 0 aromatic heterocycles. The van der Waals surface area contributed by atoms with Crippen LogP contribution in [-0.4, -0.2) is 20.2 Å². The summed E-state index contributed by atoms with van der Waals surface area (Å²) in [5, 5.41) is 10.7. The Bertz CT molecular complexity index is 588. The van der Waals surface area contributed by atoms with Crippen molar-refractivity contribution >= 4 is 5.97 Å². The Balaban J connectivity index is 2.38. The quantitative estimate of drug-likeness (QED) is 0.837. The average molecular weight is 257 g/mol. The largest absolute Gasteiger partial charge is 0.545 e. The molecule has 2 rings (SSSR count). The minimum atomic E-state index is -1.18. The first-order chi connectivity index (χ1) is 9.15. The lowest BCUT2D eigenvalue weighted by atomic mass is 10.0. The van der Waals surface area contributed by atoms with E-state index < -0.39 is 5.97 Å². The summed E-state index contributed by atoms with van der Waals surface area (Å²) in [5.41, 5.74) is 1.97. The van der Waals surface area contributed by atoms with Gasteiger partial charge in [0, 0.05) is 0 Å². The van der Waals surface area contributed by atoms with Gasteiger partial charge in [0.25, 0.3) is 0 Å². The van der Waals surface area contributed by atoms with E-state index in [0.29, 0.717) is 11.5 Å². The zero-order valence-electron chi connectivity index (χ0n) is 10.7. The van der Waals surface area contributed by atoms with Gasteiger partial charge >= 0.3 is 0 Å². The van der Waals surface area contributed by atoms with Gasteiger partial charge in [-0.2, -0.15) is 0 Å². The molecule has 0 fully saturated rings. The molecule has 2 aromatic carbocycles. The molecule has 0 atom stereocenters. The lowest BCUT2D eigenvalue weighted by Gasteiger charge is -2.10. The fourth-order valence-corrected chi connectivity index (χ4v) is 1.81. The second-order valence-corrected chi connectivity index (χ2v) is 3.93. The molecule has 0 saturated heterocycles. The fraction of sp³-hybridized carbons (Fsp3) is 0.133. The number of carboxylic acids is 1. The zero-order valence-corrected chi connectivity index (χ0v) is 10.7. The predicted octanol–water partition coefficient (Wildman–Crippen LogP) is 1.73. The number of rotatable bonds is 4. The minimum absolute atomic E-state index is 0.157. The second kappa shape index (κ2) is 5.44. The molecule has 0 radical (unpaired) electrons. The summed E-state index contributed by atoms with van der Waals surface area (Å²) in [5.74, 6) is 0.0976. The first-order valence-corrected chi connectivity index (χ1v) is 5.69. The molecule has 0 aliphatic heterocycles. The van der Waals surface area contributed by atoms with Crippen molar-refractivity contribution in [3.05, 3.63) is 48.0 Å². The van der Waals surface area contributed by atoms with E-state index in [1.807, 2.05) is 12.1 Å². The molecule has 4 nitrogen and oxygen atoms in total. The Morgan fingerprint density at radius 2 is 1.47 bits per heavy atom. The van der Waals surface area contributed by atoms with Crippen molar-refractivity contribution in [2.45, 2.75) is 0 Å². The van der Waals surface area contributed by atoms with Crippen molar-refractivity contribution in [2.24, 2.45) is 0 Å². The predicted molar refractivity (Wildman–Crippen MR) is 69.3 cm³/mol.